The first kappa shape index (κ1) is 11.6. The SMILES string of the molecule is Cc1ccccc1-c1cc(N(C)C)cc[n+]1C. The highest BCUT2D eigenvalue weighted by atomic mass is 15.1. The van der Waals surface area contributed by atoms with Crippen molar-refractivity contribution in [3.8, 4) is 11.3 Å². The van der Waals surface area contributed by atoms with Crippen molar-refractivity contribution in [2.45, 2.75) is 6.92 Å². The molecule has 1 aromatic carbocycles. The number of benzene rings is 1. The lowest BCUT2D eigenvalue weighted by molar-refractivity contribution is -0.660. The van der Waals surface area contributed by atoms with Crippen molar-refractivity contribution >= 4 is 5.69 Å². The molecule has 0 aliphatic rings. The lowest BCUT2D eigenvalue weighted by atomic mass is 10.0. The molecule has 2 nitrogen and oxygen atoms in total. The summed E-state index contributed by atoms with van der Waals surface area (Å²) in [6, 6.07) is 12.8. The number of anilines is 1. The quantitative estimate of drug-likeness (QED) is 0.715. The molecule has 88 valence electrons. The van der Waals surface area contributed by atoms with E-state index in [4.69, 9.17) is 0 Å². The third-order valence-electron chi connectivity index (χ3n) is 3.07. The van der Waals surface area contributed by atoms with E-state index in [0.717, 1.165) is 0 Å². The van der Waals surface area contributed by atoms with Crippen molar-refractivity contribution in [2.24, 2.45) is 7.05 Å². The number of nitrogens with zero attached hydrogens (tertiary/aromatic N) is 2. The molecule has 0 bridgehead atoms. The molecule has 0 aliphatic heterocycles. The highest BCUT2D eigenvalue weighted by Gasteiger charge is 2.13. The van der Waals surface area contributed by atoms with E-state index in [2.05, 4.69) is 80.1 Å². The monoisotopic (exact) mass is 227 g/mol. The Morgan fingerprint density at radius 1 is 1.06 bits per heavy atom. The summed E-state index contributed by atoms with van der Waals surface area (Å²) in [6.07, 6.45) is 2.11. The second-order valence-electron chi connectivity index (χ2n) is 4.59. The minimum absolute atomic E-state index is 1.22. The molecule has 0 spiro atoms. The van der Waals surface area contributed by atoms with Crippen LogP contribution in [-0.2, 0) is 7.05 Å². The second-order valence-corrected chi connectivity index (χ2v) is 4.59. The Bertz CT molecular complexity index is 530. The first-order chi connectivity index (χ1) is 8.09. The van der Waals surface area contributed by atoms with Crippen LogP contribution in [0, 0.1) is 6.92 Å². The van der Waals surface area contributed by atoms with Crippen LogP contribution < -0.4 is 9.47 Å². The summed E-state index contributed by atoms with van der Waals surface area (Å²) in [5.74, 6) is 0. The van der Waals surface area contributed by atoms with Gasteiger partial charge in [0.2, 0.25) is 5.69 Å². The van der Waals surface area contributed by atoms with Crippen LogP contribution in [0.25, 0.3) is 11.3 Å². The Kier molecular flexibility index (Phi) is 3.14. The van der Waals surface area contributed by atoms with Gasteiger partial charge in [-0.25, -0.2) is 4.57 Å². The van der Waals surface area contributed by atoms with Crippen molar-refractivity contribution < 1.29 is 4.57 Å². The third kappa shape index (κ3) is 2.31. The van der Waals surface area contributed by atoms with Crippen molar-refractivity contribution in [2.75, 3.05) is 19.0 Å². The number of aryl methyl sites for hydroxylation is 2. The molecule has 0 unspecified atom stereocenters. The summed E-state index contributed by atoms with van der Waals surface area (Å²) in [4.78, 5) is 2.13. The normalized spacial score (nSPS) is 10.4. The number of aromatic nitrogens is 1. The zero-order chi connectivity index (χ0) is 12.4. The van der Waals surface area contributed by atoms with Gasteiger partial charge in [-0.05, 0) is 18.6 Å². The van der Waals surface area contributed by atoms with Crippen LogP contribution in [0.5, 0.6) is 0 Å². The van der Waals surface area contributed by atoms with Gasteiger partial charge in [-0.2, -0.15) is 0 Å². The highest BCUT2D eigenvalue weighted by molar-refractivity contribution is 5.64. The molecule has 0 fully saturated rings. The lowest BCUT2D eigenvalue weighted by Crippen LogP contribution is -2.31. The van der Waals surface area contributed by atoms with Crippen molar-refractivity contribution in [3.63, 3.8) is 0 Å². The van der Waals surface area contributed by atoms with E-state index in [1.807, 2.05) is 0 Å². The average Bonchev–Trinajstić information content (AvgIpc) is 2.30. The maximum atomic E-state index is 2.22. The van der Waals surface area contributed by atoms with Gasteiger partial charge < -0.3 is 4.90 Å². The van der Waals surface area contributed by atoms with Crippen LogP contribution in [0.1, 0.15) is 5.56 Å². The molecule has 0 atom stereocenters. The summed E-state index contributed by atoms with van der Waals surface area (Å²) in [6.45, 7) is 2.15. The zero-order valence-corrected chi connectivity index (χ0v) is 10.9. The van der Waals surface area contributed by atoms with Gasteiger partial charge in [-0.3, -0.25) is 0 Å². The van der Waals surface area contributed by atoms with Gasteiger partial charge in [0.1, 0.15) is 7.05 Å². The maximum absolute atomic E-state index is 2.22. The highest BCUT2D eigenvalue weighted by Crippen LogP contribution is 2.22. The predicted octanol–water partition coefficient (Wildman–Crippen LogP) is 2.55. The molecule has 0 amide bonds. The smallest absolute Gasteiger partial charge is 0.214 e. The van der Waals surface area contributed by atoms with Crippen LogP contribution in [0.4, 0.5) is 5.69 Å². The number of pyridine rings is 1. The molecule has 2 heteroatoms. The van der Waals surface area contributed by atoms with Crippen LogP contribution >= 0.6 is 0 Å². The largest absolute Gasteiger partial charge is 0.377 e. The van der Waals surface area contributed by atoms with Crippen molar-refractivity contribution in [3.05, 3.63) is 48.2 Å². The predicted molar refractivity (Wildman–Crippen MR) is 72.1 cm³/mol. The molecule has 0 aliphatic carbocycles. The van der Waals surface area contributed by atoms with Gasteiger partial charge in [0.25, 0.3) is 0 Å². The molecule has 1 heterocycles. The van der Waals surface area contributed by atoms with E-state index < -0.39 is 0 Å². The van der Waals surface area contributed by atoms with Gasteiger partial charge in [0, 0.05) is 37.5 Å². The summed E-state index contributed by atoms with van der Waals surface area (Å²) in [5.41, 5.74) is 5.06. The fourth-order valence-corrected chi connectivity index (χ4v) is 1.96. The minimum atomic E-state index is 1.22. The summed E-state index contributed by atoms with van der Waals surface area (Å²) >= 11 is 0. The van der Waals surface area contributed by atoms with E-state index in [1.54, 1.807) is 0 Å². The van der Waals surface area contributed by atoms with Crippen molar-refractivity contribution in [1.82, 2.24) is 0 Å². The number of hydrogen-bond acceptors (Lipinski definition) is 1. The molecule has 0 saturated heterocycles. The molecular weight excluding hydrogens is 208 g/mol. The van der Waals surface area contributed by atoms with Crippen LogP contribution in [0.15, 0.2) is 42.6 Å². The molecule has 1 aromatic heterocycles. The Morgan fingerprint density at radius 2 is 1.76 bits per heavy atom. The van der Waals surface area contributed by atoms with E-state index >= 15 is 0 Å². The van der Waals surface area contributed by atoms with Gasteiger partial charge in [-0.1, -0.05) is 18.2 Å². The molecular formula is C15H19N2+. The van der Waals surface area contributed by atoms with Gasteiger partial charge >= 0.3 is 0 Å². The van der Waals surface area contributed by atoms with Gasteiger partial charge in [-0.15, -0.1) is 0 Å². The zero-order valence-electron chi connectivity index (χ0n) is 10.9. The van der Waals surface area contributed by atoms with Gasteiger partial charge in [0.15, 0.2) is 6.20 Å². The molecule has 0 N–H and O–H groups in total. The fraction of sp³-hybridized carbons (Fsp3) is 0.267. The molecule has 2 aromatic rings. The molecule has 0 saturated carbocycles. The molecule has 17 heavy (non-hydrogen) atoms. The van der Waals surface area contributed by atoms with E-state index in [-0.39, 0.29) is 0 Å². The lowest BCUT2D eigenvalue weighted by Gasteiger charge is -2.13. The summed E-state index contributed by atoms with van der Waals surface area (Å²) in [5, 5.41) is 0. The first-order valence-electron chi connectivity index (χ1n) is 5.82. The van der Waals surface area contributed by atoms with Crippen LogP contribution in [0.2, 0.25) is 0 Å². The number of rotatable bonds is 2. The number of hydrogen-bond donors (Lipinski definition) is 0. The van der Waals surface area contributed by atoms with E-state index in [0.29, 0.717) is 0 Å². The fourth-order valence-electron chi connectivity index (χ4n) is 1.96. The van der Waals surface area contributed by atoms with Crippen LogP contribution in [-0.4, -0.2) is 14.1 Å². The van der Waals surface area contributed by atoms with Crippen molar-refractivity contribution in [1.29, 1.82) is 0 Å². The topological polar surface area (TPSA) is 7.12 Å². The average molecular weight is 227 g/mol. The Hall–Kier alpha value is -1.83. The van der Waals surface area contributed by atoms with Crippen LogP contribution in [0.3, 0.4) is 0 Å². The summed E-state index contributed by atoms with van der Waals surface area (Å²) < 4.78 is 2.16. The Labute approximate surface area is 103 Å². The standard InChI is InChI=1S/C15H19N2/c1-12-7-5-6-8-14(12)15-11-13(16(2)3)9-10-17(15)4/h5-11H,1-4H3/q+1. The third-order valence-corrected chi connectivity index (χ3v) is 3.07. The van der Waals surface area contributed by atoms with E-state index in [1.165, 1.54) is 22.5 Å². The Morgan fingerprint density at radius 3 is 2.41 bits per heavy atom. The maximum Gasteiger partial charge on any atom is 0.214 e. The molecule has 2 rings (SSSR count). The minimum Gasteiger partial charge on any atom is -0.377 e. The first-order valence-corrected chi connectivity index (χ1v) is 5.82. The summed E-state index contributed by atoms with van der Waals surface area (Å²) in [7, 11) is 6.22. The molecule has 0 radical (unpaired) electrons. The van der Waals surface area contributed by atoms with Gasteiger partial charge in [0.05, 0.1) is 0 Å². The Balaban J connectivity index is 2.59. The second kappa shape index (κ2) is 4.58. The van der Waals surface area contributed by atoms with E-state index in [9.17, 15) is 0 Å².